The number of aliphatic hydroxyl groups is 1. The van der Waals surface area contributed by atoms with Gasteiger partial charge in [0.15, 0.2) is 0 Å². The smallest absolute Gasteiger partial charge is 0.106 e. The summed E-state index contributed by atoms with van der Waals surface area (Å²) in [5, 5.41) is 12.3. The lowest BCUT2D eigenvalue weighted by Gasteiger charge is -2.16. The second-order valence-corrected chi connectivity index (χ2v) is 5.28. The molecule has 4 N–H and O–H groups in total. The predicted octanol–water partition coefficient (Wildman–Crippen LogP) is 2.70. The molecule has 0 aliphatic heterocycles. The Morgan fingerprint density at radius 1 is 1.50 bits per heavy atom. The van der Waals surface area contributed by atoms with Crippen LogP contribution < -0.4 is 11.1 Å². The van der Waals surface area contributed by atoms with Crippen LogP contribution in [0.1, 0.15) is 19.8 Å². The van der Waals surface area contributed by atoms with E-state index < -0.39 is 0 Å². The third-order valence-corrected chi connectivity index (χ3v) is 4.03. The van der Waals surface area contributed by atoms with Gasteiger partial charge >= 0.3 is 0 Å². The van der Waals surface area contributed by atoms with Crippen molar-refractivity contribution in [3.8, 4) is 0 Å². The quantitative estimate of drug-likeness (QED) is 0.702. The van der Waals surface area contributed by atoms with E-state index >= 15 is 0 Å². The Hall–Kier alpha value is -1.33. The van der Waals surface area contributed by atoms with Gasteiger partial charge in [-0.1, -0.05) is 13.3 Å². The van der Waals surface area contributed by atoms with Gasteiger partial charge in [0.25, 0.3) is 0 Å². The van der Waals surface area contributed by atoms with E-state index in [-0.39, 0.29) is 6.61 Å². The van der Waals surface area contributed by atoms with Gasteiger partial charge in [0.2, 0.25) is 0 Å². The van der Waals surface area contributed by atoms with Crippen LogP contribution in [0.5, 0.6) is 0 Å². The maximum atomic E-state index is 8.97. The molecule has 0 fully saturated rings. The summed E-state index contributed by atoms with van der Waals surface area (Å²) in [5.74, 6) is 0.473. The van der Waals surface area contributed by atoms with Crippen LogP contribution in [0.4, 0.5) is 11.4 Å². The molecule has 0 radical (unpaired) electrons. The van der Waals surface area contributed by atoms with Gasteiger partial charge in [-0.2, -0.15) is 0 Å². The zero-order chi connectivity index (χ0) is 13.0. The molecule has 1 aromatic heterocycles. The van der Waals surface area contributed by atoms with Crippen molar-refractivity contribution in [2.75, 3.05) is 24.2 Å². The van der Waals surface area contributed by atoms with E-state index in [0.29, 0.717) is 11.6 Å². The number of nitrogens with one attached hydrogen (secondary N) is 1. The van der Waals surface area contributed by atoms with Gasteiger partial charge in [-0.25, -0.2) is 4.98 Å². The highest BCUT2D eigenvalue weighted by molar-refractivity contribution is 7.16. The molecule has 0 saturated heterocycles. The summed E-state index contributed by atoms with van der Waals surface area (Å²) in [6.45, 7) is 3.20. The molecule has 0 saturated carbocycles. The van der Waals surface area contributed by atoms with Crippen molar-refractivity contribution < 1.29 is 5.11 Å². The number of anilines is 2. The van der Waals surface area contributed by atoms with E-state index in [1.165, 1.54) is 0 Å². The first kappa shape index (κ1) is 13.1. The first-order valence-electron chi connectivity index (χ1n) is 6.22. The molecule has 2 aromatic rings. The molecule has 2 rings (SSSR count). The molecule has 1 aromatic carbocycles. The number of benzene rings is 1. The Bertz CT molecular complexity index is 512. The Morgan fingerprint density at radius 2 is 2.33 bits per heavy atom. The van der Waals surface area contributed by atoms with Crippen LogP contribution in [0.3, 0.4) is 0 Å². The van der Waals surface area contributed by atoms with E-state index in [2.05, 4.69) is 17.2 Å². The Labute approximate surface area is 111 Å². The highest BCUT2D eigenvalue weighted by Gasteiger charge is 2.09. The first-order valence-corrected chi connectivity index (χ1v) is 7.10. The van der Waals surface area contributed by atoms with Gasteiger partial charge in [0, 0.05) is 13.2 Å². The van der Waals surface area contributed by atoms with Crippen LogP contribution in [-0.4, -0.2) is 23.2 Å². The lowest BCUT2D eigenvalue weighted by atomic mass is 10.0. The van der Waals surface area contributed by atoms with Crippen LogP contribution in [0, 0.1) is 5.92 Å². The van der Waals surface area contributed by atoms with Crippen molar-refractivity contribution in [1.82, 2.24) is 4.98 Å². The summed E-state index contributed by atoms with van der Waals surface area (Å²) in [7, 11) is 0. The molecule has 0 aliphatic rings. The highest BCUT2D eigenvalue weighted by Crippen LogP contribution is 2.30. The maximum Gasteiger partial charge on any atom is 0.106 e. The molecule has 98 valence electrons. The number of aromatic nitrogens is 1. The first-order chi connectivity index (χ1) is 8.76. The van der Waals surface area contributed by atoms with Crippen LogP contribution in [-0.2, 0) is 0 Å². The summed E-state index contributed by atoms with van der Waals surface area (Å²) in [6, 6.07) is 4.04. The number of rotatable bonds is 6. The van der Waals surface area contributed by atoms with Crippen LogP contribution in [0.15, 0.2) is 17.6 Å². The molecule has 0 amide bonds. The van der Waals surface area contributed by atoms with Crippen molar-refractivity contribution in [3.05, 3.63) is 17.6 Å². The Kier molecular flexibility index (Phi) is 4.38. The van der Waals surface area contributed by atoms with Gasteiger partial charge in [-0.05, 0) is 24.5 Å². The SMILES string of the molecule is CCC(CCO)CNc1ccc2scnc2c1N. The third kappa shape index (κ3) is 2.73. The Morgan fingerprint density at radius 3 is 3.06 bits per heavy atom. The monoisotopic (exact) mass is 265 g/mol. The van der Waals surface area contributed by atoms with Gasteiger partial charge in [0.05, 0.1) is 21.6 Å². The minimum Gasteiger partial charge on any atom is -0.396 e. The van der Waals surface area contributed by atoms with Crippen LogP contribution in [0.25, 0.3) is 10.2 Å². The lowest BCUT2D eigenvalue weighted by Crippen LogP contribution is -2.15. The minimum absolute atomic E-state index is 0.237. The molecule has 1 heterocycles. The highest BCUT2D eigenvalue weighted by atomic mass is 32.1. The van der Waals surface area contributed by atoms with E-state index in [0.717, 1.165) is 35.3 Å². The normalized spacial score (nSPS) is 12.8. The maximum absolute atomic E-state index is 8.97. The van der Waals surface area contributed by atoms with Crippen LogP contribution in [0.2, 0.25) is 0 Å². The fourth-order valence-corrected chi connectivity index (χ4v) is 2.69. The van der Waals surface area contributed by atoms with Crippen molar-refractivity contribution >= 4 is 32.9 Å². The molecule has 1 unspecified atom stereocenters. The molecule has 18 heavy (non-hydrogen) atoms. The number of nitrogens with two attached hydrogens (primary N) is 1. The number of fused-ring (bicyclic) bond motifs is 1. The fraction of sp³-hybridized carbons (Fsp3) is 0.462. The average Bonchev–Trinajstić information content (AvgIpc) is 2.85. The van der Waals surface area contributed by atoms with Gasteiger partial charge in [-0.3, -0.25) is 0 Å². The van der Waals surface area contributed by atoms with Crippen molar-refractivity contribution in [1.29, 1.82) is 0 Å². The largest absolute Gasteiger partial charge is 0.396 e. The molecule has 0 bridgehead atoms. The van der Waals surface area contributed by atoms with Crippen LogP contribution >= 0.6 is 11.3 Å². The third-order valence-electron chi connectivity index (χ3n) is 3.24. The number of hydrogen-bond acceptors (Lipinski definition) is 5. The van der Waals surface area contributed by atoms with E-state index in [1.807, 2.05) is 17.6 Å². The second-order valence-electron chi connectivity index (χ2n) is 4.39. The topological polar surface area (TPSA) is 71.2 Å². The van der Waals surface area contributed by atoms with Crippen molar-refractivity contribution in [2.45, 2.75) is 19.8 Å². The predicted molar refractivity (Wildman–Crippen MR) is 78.0 cm³/mol. The molecule has 1 atom stereocenters. The van der Waals surface area contributed by atoms with Crippen molar-refractivity contribution in [3.63, 3.8) is 0 Å². The zero-order valence-corrected chi connectivity index (χ0v) is 11.3. The van der Waals surface area contributed by atoms with E-state index in [1.54, 1.807) is 11.3 Å². The van der Waals surface area contributed by atoms with Gasteiger partial charge in [0.1, 0.15) is 5.52 Å². The van der Waals surface area contributed by atoms with E-state index in [4.69, 9.17) is 10.8 Å². The average molecular weight is 265 g/mol. The Balaban J connectivity index is 2.09. The number of thiazole rings is 1. The molecule has 0 aliphatic carbocycles. The molecular weight excluding hydrogens is 246 g/mol. The molecule has 0 spiro atoms. The molecule has 4 nitrogen and oxygen atoms in total. The standard InChI is InChI=1S/C13H19N3OS/c1-2-9(5-6-17)7-15-10-3-4-11-13(12(10)14)16-8-18-11/h3-4,8-9,15,17H,2,5-7,14H2,1H3. The fourth-order valence-electron chi connectivity index (χ4n) is 1.99. The van der Waals surface area contributed by atoms with Gasteiger partial charge in [-0.15, -0.1) is 11.3 Å². The summed E-state index contributed by atoms with van der Waals surface area (Å²) in [4.78, 5) is 4.28. The number of nitrogens with zero attached hydrogens (tertiary/aromatic N) is 1. The van der Waals surface area contributed by atoms with E-state index in [9.17, 15) is 0 Å². The summed E-state index contributed by atoms with van der Waals surface area (Å²) in [6.07, 6.45) is 1.87. The molecule has 5 heteroatoms. The summed E-state index contributed by atoms with van der Waals surface area (Å²) in [5.41, 5.74) is 10.4. The molecular formula is C13H19N3OS. The second kappa shape index (κ2) is 6.02. The number of hydrogen-bond donors (Lipinski definition) is 3. The van der Waals surface area contributed by atoms with Crippen molar-refractivity contribution in [2.24, 2.45) is 5.92 Å². The number of nitrogen functional groups attached to an aromatic ring is 1. The summed E-state index contributed by atoms with van der Waals surface area (Å²) >= 11 is 1.60. The lowest BCUT2D eigenvalue weighted by molar-refractivity contribution is 0.258. The van der Waals surface area contributed by atoms with Gasteiger partial charge < -0.3 is 16.2 Å². The zero-order valence-electron chi connectivity index (χ0n) is 10.5. The minimum atomic E-state index is 0.237. The summed E-state index contributed by atoms with van der Waals surface area (Å²) < 4.78 is 1.11. The number of aliphatic hydroxyl groups excluding tert-OH is 1.